The van der Waals surface area contributed by atoms with Gasteiger partial charge in [0, 0.05) is 49.2 Å². The Morgan fingerprint density at radius 3 is 2.67 bits per heavy atom. The van der Waals surface area contributed by atoms with Gasteiger partial charge in [-0.2, -0.15) is 23.4 Å². The second-order valence-electron chi connectivity index (χ2n) is 7.62. The number of carbonyl (C=O) groups excluding carboxylic acids is 1. The molecule has 4 heterocycles. The zero-order valence-electron chi connectivity index (χ0n) is 17.6. The maximum Gasteiger partial charge on any atom is 0.433 e. The van der Waals surface area contributed by atoms with Gasteiger partial charge in [0.05, 0.1) is 11.6 Å². The number of rotatable bonds is 2. The number of alkyl halides is 3. The van der Waals surface area contributed by atoms with Crippen LogP contribution in [0.3, 0.4) is 0 Å². The first kappa shape index (κ1) is 22.7. The van der Waals surface area contributed by atoms with Crippen molar-refractivity contribution in [1.29, 1.82) is 0 Å². The van der Waals surface area contributed by atoms with Gasteiger partial charge in [-0.3, -0.25) is 14.5 Å². The molecule has 2 unspecified atom stereocenters. The summed E-state index contributed by atoms with van der Waals surface area (Å²) in [5.74, 6) is -0.933. The van der Waals surface area contributed by atoms with Crippen LogP contribution in [0.15, 0.2) is 49.1 Å². The molecule has 5 rings (SSSR count). The van der Waals surface area contributed by atoms with Gasteiger partial charge in [-0.1, -0.05) is 18.5 Å². The van der Waals surface area contributed by atoms with Crippen LogP contribution in [0.4, 0.5) is 18.9 Å². The highest BCUT2D eigenvalue weighted by Gasteiger charge is 2.37. The largest absolute Gasteiger partial charge is 0.433 e. The lowest BCUT2D eigenvalue weighted by Crippen LogP contribution is -2.20. The molecule has 0 spiro atoms. The molecule has 0 aromatic carbocycles. The quantitative estimate of drug-likeness (QED) is 0.461. The molecule has 12 heteroatoms. The number of anilines is 1. The SMILES string of the molecule is CC1CC(C(=O)Nc2ccnc(C(F)(F)F)c2)c2cnc3cc(Cl)nn3c21.Cn1cccn1. The van der Waals surface area contributed by atoms with E-state index < -0.39 is 23.7 Å². The molecule has 4 aromatic heterocycles. The maximum atomic E-state index is 12.8. The summed E-state index contributed by atoms with van der Waals surface area (Å²) in [7, 11) is 1.89. The summed E-state index contributed by atoms with van der Waals surface area (Å²) in [6.45, 7) is 1.95. The first-order valence-corrected chi connectivity index (χ1v) is 10.3. The van der Waals surface area contributed by atoms with Crippen LogP contribution in [0, 0.1) is 0 Å². The summed E-state index contributed by atoms with van der Waals surface area (Å²) in [5, 5.41) is 10.9. The van der Waals surface area contributed by atoms with Crippen molar-refractivity contribution in [2.45, 2.75) is 31.4 Å². The lowest BCUT2D eigenvalue weighted by atomic mass is 10.0. The van der Waals surface area contributed by atoms with Crippen LogP contribution in [0.2, 0.25) is 5.15 Å². The van der Waals surface area contributed by atoms with E-state index in [1.54, 1.807) is 27.7 Å². The Morgan fingerprint density at radius 1 is 1.24 bits per heavy atom. The first-order chi connectivity index (χ1) is 15.6. The highest BCUT2D eigenvalue weighted by Crippen LogP contribution is 2.42. The highest BCUT2D eigenvalue weighted by atomic mass is 35.5. The molecule has 172 valence electrons. The smallest absolute Gasteiger partial charge is 0.325 e. The van der Waals surface area contributed by atoms with Gasteiger partial charge >= 0.3 is 6.18 Å². The molecule has 1 aliphatic carbocycles. The Hall–Kier alpha value is -3.47. The first-order valence-electron chi connectivity index (χ1n) is 9.95. The van der Waals surface area contributed by atoms with Crippen LogP contribution in [0.1, 0.15) is 42.1 Å². The molecule has 0 radical (unpaired) electrons. The molecule has 1 amide bonds. The normalized spacial score (nSPS) is 17.4. The predicted octanol–water partition coefficient (Wildman–Crippen LogP) is 4.45. The molecule has 0 saturated heterocycles. The van der Waals surface area contributed by atoms with Crippen LogP contribution in [0.5, 0.6) is 0 Å². The fraction of sp³-hybridized carbons (Fsp3) is 0.286. The van der Waals surface area contributed by atoms with E-state index in [1.165, 1.54) is 6.07 Å². The van der Waals surface area contributed by atoms with E-state index in [0.717, 1.165) is 18.0 Å². The number of amides is 1. The molecule has 1 N–H and O–H groups in total. The molecule has 2 atom stereocenters. The summed E-state index contributed by atoms with van der Waals surface area (Å²) in [5.41, 5.74) is 1.08. The number of hydrogen-bond donors (Lipinski definition) is 1. The van der Waals surface area contributed by atoms with Gasteiger partial charge in [0.1, 0.15) is 5.69 Å². The summed E-state index contributed by atoms with van der Waals surface area (Å²) >= 11 is 5.94. The van der Waals surface area contributed by atoms with Crippen molar-refractivity contribution in [3.63, 3.8) is 0 Å². The van der Waals surface area contributed by atoms with Crippen molar-refractivity contribution >= 4 is 28.8 Å². The van der Waals surface area contributed by atoms with E-state index in [2.05, 4.69) is 25.5 Å². The standard InChI is InChI=1S/C17H13ClF3N5O.C4H6N2/c1-8-4-10(11-7-23-14-6-13(18)25-26(14)15(8)11)16(27)24-9-2-3-22-12(5-9)17(19,20)21;1-6-4-2-3-5-6/h2-3,5-8,10H,4H2,1H3,(H,22,24,27);2-4H,1H3. The van der Waals surface area contributed by atoms with Crippen molar-refractivity contribution in [2.75, 3.05) is 5.32 Å². The maximum absolute atomic E-state index is 12.8. The van der Waals surface area contributed by atoms with E-state index in [4.69, 9.17) is 11.6 Å². The molecule has 8 nitrogen and oxygen atoms in total. The lowest BCUT2D eigenvalue weighted by molar-refractivity contribution is -0.141. The van der Waals surface area contributed by atoms with E-state index in [0.29, 0.717) is 22.8 Å². The number of aromatic nitrogens is 6. The number of nitrogens with zero attached hydrogens (tertiary/aromatic N) is 6. The Kier molecular flexibility index (Phi) is 6.07. The van der Waals surface area contributed by atoms with E-state index in [1.807, 2.05) is 26.2 Å². The lowest BCUT2D eigenvalue weighted by Gasteiger charge is -2.13. The zero-order chi connectivity index (χ0) is 23.8. The monoisotopic (exact) mass is 477 g/mol. The van der Waals surface area contributed by atoms with Gasteiger partial charge in [0.15, 0.2) is 10.8 Å². The molecule has 0 saturated carbocycles. The number of aryl methyl sites for hydroxylation is 1. The average Bonchev–Trinajstić information content (AvgIpc) is 3.46. The summed E-state index contributed by atoms with van der Waals surface area (Å²) < 4.78 is 41.8. The van der Waals surface area contributed by atoms with Gasteiger partial charge < -0.3 is 5.32 Å². The third-order valence-corrected chi connectivity index (χ3v) is 5.41. The minimum absolute atomic E-state index is 0.0143. The van der Waals surface area contributed by atoms with Crippen molar-refractivity contribution in [1.82, 2.24) is 29.4 Å². The van der Waals surface area contributed by atoms with Gasteiger partial charge in [-0.05, 0) is 30.5 Å². The molecular formula is C21H19ClF3N7O. The number of fused-ring (bicyclic) bond motifs is 3. The molecule has 1 aliphatic rings. The van der Waals surface area contributed by atoms with Gasteiger partial charge in [0.25, 0.3) is 0 Å². The zero-order valence-corrected chi connectivity index (χ0v) is 18.3. The minimum atomic E-state index is -4.58. The number of hydrogen-bond acceptors (Lipinski definition) is 5. The summed E-state index contributed by atoms with van der Waals surface area (Å²) in [6, 6.07) is 5.64. The average molecular weight is 478 g/mol. The predicted molar refractivity (Wildman–Crippen MR) is 115 cm³/mol. The van der Waals surface area contributed by atoms with E-state index in [-0.39, 0.29) is 11.6 Å². The second-order valence-corrected chi connectivity index (χ2v) is 8.01. The Bertz CT molecular complexity index is 1290. The van der Waals surface area contributed by atoms with Crippen molar-refractivity contribution in [3.05, 3.63) is 71.2 Å². The summed E-state index contributed by atoms with van der Waals surface area (Å²) in [6.07, 6.45) is 2.17. The van der Waals surface area contributed by atoms with Crippen molar-refractivity contribution in [2.24, 2.45) is 7.05 Å². The number of halogens is 4. The van der Waals surface area contributed by atoms with Crippen molar-refractivity contribution in [3.8, 4) is 0 Å². The van der Waals surface area contributed by atoms with Crippen LogP contribution >= 0.6 is 11.6 Å². The molecular weight excluding hydrogens is 459 g/mol. The van der Waals surface area contributed by atoms with E-state index >= 15 is 0 Å². The molecule has 0 bridgehead atoms. The van der Waals surface area contributed by atoms with Gasteiger partial charge in [-0.25, -0.2) is 9.50 Å². The van der Waals surface area contributed by atoms with Crippen LogP contribution in [0.25, 0.3) is 5.65 Å². The summed E-state index contributed by atoms with van der Waals surface area (Å²) in [4.78, 5) is 20.3. The topological polar surface area (TPSA) is 90.0 Å². The minimum Gasteiger partial charge on any atom is -0.325 e. The van der Waals surface area contributed by atoms with E-state index in [9.17, 15) is 18.0 Å². The molecule has 0 fully saturated rings. The third-order valence-electron chi connectivity index (χ3n) is 5.22. The van der Waals surface area contributed by atoms with Crippen LogP contribution in [-0.4, -0.2) is 35.3 Å². The Morgan fingerprint density at radius 2 is 2.03 bits per heavy atom. The van der Waals surface area contributed by atoms with Crippen LogP contribution in [-0.2, 0) is 18.0 Å². The van der Waals surface area contributed by atoms with Gasteiger partial charge in [-0.15, -0.1) is 0 Å². The molecule has 33 heavy (non-hydrogen) atoms. The number of carbonyl (C=O) groups is 1. The van der Waals surface area contributed by atoms with Crippen molar-refractivity contribution < 1.29 is 18.0 Å². The Balaban J connectivity index is 0.000000376. The number of pyridine rings is 1. The third kappa shape index (κ3) is 4.82. The fourth-order valence-electron chi connectivity index (χ4n) is 3.78. The molecule has 0 aliphatic heterocycles. The Labute approximate surface area is 191 Å². The van der Waals surface area contributed by atoms with Gasteiger partial charge in [0.2, 0.25) is 5.91 Å². The fourth-order valence-corrected chi connectivity index (χ4v) is 3.95. The molecule has 4 aromatic rings. The highest BCUT2D eigenvalue weighted by molar-refractivity contribution is 6.29. The second kappa shape index (κ2) is 8.81. The van der Waals surface area contributed by atoms with Crippen LogP contribution < -0.4 is 5.32 Å². The number of nitrogens with one attached hydrogen (secondary N) is 1.